The number of halogens is 1. The lowest BCUT2D eigenvalue weighted by molar-refractivity contribution is 0.415. The molecule has 0 aliphatic heterocycles. The van der Waals surface area contributed by atoms with Gasteiger partial charge in [-0.1, -0.05) is 48.0 Å². The Hall–Kier alpha value is -1.99. The highest BCUT2D eigenvalue weighted by molar-refractivity contribution is 6.22. The summed E-state index contributed by atoms with van der Waals surface area (Å²) in [5.41, 5.74) is 3.47. The molecule has 0 spiro atoms. The third-order valence-electron chi connectivity index (χ3n) is 3.70. The summed E-state index contributed by atoms with van der Waals surface area (Å²) in [6.45, 7) is 2.08. The van der Waals surface area contributed by atoms with Crippen molar-refractivity contribution in [2.45, 2.75) is 12.3 Å². The average molecular weight is 297 g/mol. The second-order valence-corrected chi connectivity index (χ2v) is 5.69. The summed E-state index contributed by atoms with van der Waals surface area (Å²) in [4.78, 5) is 0. The summed E-state index contributed by atoms with van der Waals surface area (Å²) in [5, 5.41) is 2.20. The minimum atomic E-state index is -0.128. The lowest BCUT2D eigenvalue weighted by Gasteiger charge is -2.12. The molecule has 1 nitrogen and oxygen atoms in total. The van der Waals surface area contributed by atoms with E-state index in [1.807, 2.05) is 18.2 Å². The summed E-state index contributed by atoms with van der Waals surface area (Å²) < 4.78 is 5.26. The summed E-state index contributed by atoms with van der Waals surface area (Å²) in [6.07, 6.45) is 0. The summed E-state index contributed by atoms with van der Waals surface area (Å²) >= 11 is 6.64. The Kier molecular flexibility index (Phi) is 3.85. The van der Waals surface area contributed by atoms with E-state index in [1.165, 1.54) is 10.9 Å². The first-order valence-electron chi connectivity index (χ1n) is 6.96. The minimum Gasteiger partial charge on any atom is -0.497 e. The number of hydrogen-bond acceptors (Lipinski definition) is 1. The van der Waals surface area contributed by atoms with Gasteiger partial charge in [0.25, 0.3) is 0 Å². The van der Waals surface area contributed by atoms with Crippen molar-refractivity contribution >= 4 is 22.4 Å². The third-order valence-corrected chi connectivity index (χ3v) is 4.20. The fraction of sp³-hybridized carbons (Fsp3) is 0.158. The second-order valence-electron chi connectivity index (χ2n) is 5.25. The van der Waals surface area contributed by atoms with Gasteiger partial charge in [-0.25, -0.2) is 0 Å². The lowest BCUT2D eigenvalue weighted by Crippen LogP contribution is -1.94. The Bertz CT molecular complexity index is 779. The van der Waals surface area contributed by atoms with Gasteiger partial charge in [0.15, 0.2) is 0 Å². The number of ether oxygens (including phenoxy) is 1. The van der Waals surface area contributed by atoms with Gasteiger partial charge in [-0.15, -0.1) is 11.6 Å². The molecule has 0 aliphatic carbocycles. The zero-order chi connectivity index (χ0) is 14.8. The van der Waals surface area contributed by atoms with Crippen LogP contribution in [0.2, 0.25) is 0 Å². The van der Waals surface area contributed by atoms with E-state index < -0.39 is 0 Å². The molecule has 0 N–H and O–H groups in total. The predicted octanol–water partition coefficient (Wildman–Crippen LogP) is 5.49. The van der Waals surface area contributed by atoms with Crippen LogP contribution >= 0.6 is 11.6 Å². The molecule has 0 amide bonds. The highest BCUT2D eigenvalue weighted by Crippen LogP contribution is 2.32. The standard InChI is InChI=1S/C19H17ClO/c1-13-4-3-5-16(10-13)19(20)17-7-6-15-12-18(21-2)9-8-14(15)11-17/h3-12,19H,1-2H3. The van der Waals surface area contributed by atoms with E-state index in [0.717, 1.165) is 22.3 Å². The number of methoxy groups -OCH3 is 1. The largest absolute Gasteiger partial charge is 0.497 e. The Morgan fingerprint density at radius 2 is 1.57 bits per heavy atom. The Morgan fingerprint density at radius 1 is 0.857 bits per heavy atom. The first-order chi connectivity index (χ1) is 10.2. The molecule has 0 saturated heterocycles. The molecule has 0 bridgehead atoms. The maximum atomic E-state index is 6.64. The number of aryl methyl sites for hydroxylation is 1. The van der Waals surface area contributed by atoms with Crippen LogP contribution in [0.25, 0.3) is 10.8 Å². The van der Waals surface area contributed by atoms with Gasteiger partial charge in [0.2, 0.25) is 0 Å². The van der Waals surface area contributed by atoms with Gasteiger partial charge in [0, 0.05) is 0 Å². The number of alkyl halides is 1. The molecule has 21 heavy (non-hydrogen) atoms. The predicted molar refractivity (Wildman–Crippen MR) is 89.4 cm³/mol. The van der Waals surface area contributed by atoms with Crippen molar-refractivity contribution in [3.63, 3.8) is 0 Å². The van der Waals surface area contributed by atoms with Gasteiger partial charge < -0.3 is 4.74 Å². The highest BCUT2D eigenvalue weighted by atomic mass is 35.5. The maximum Gasteiger partial charge on any atom is 0.119 e. The fourth-order valence-electron chi connectivity index (χ4n) is 2.55. The van der Waals surface area contributed by atoms with E-state index in [1.54, 1.807) is 7.11 Å². The van der Waals surface area contributed by atoms with Crippen molar-refractivity contribution in [3.8, 4) is 5.75 Å². The molecule has 0 aromatic heterocycles. The van der Waals surface area contributed by atoms with Gasteiger partial charge in [0.05, 0.1) is 12.5 Å². The second kappa shape index (κ2) is 5.79. The van der Waals surface area contributed by atoms with Crippen LogP contribution in [0, 0.1) is 6.92 Å². The fourth-order valence-corrected chi connectivity index (χ4v) is 2.82. The molecule has 1 atom stereocenters. The number of rotatable bonds is 3. The normalized spacial score (nSPS) is 12.3. The van der Waals surface area contributed by atoms with Crippen LogP contribution in [0.3, 0.4) is 0 Å². The molecule has 3 aromatic rings. The minimum absolute atomic E-state index is 0.128. The Morgan fingerprint density at radius 3 is 2.33 bits per heavy atom. The van der Waals surface area contributed by atoms with E-state index in [9.17, 15) is 0 Å². The highest BCUT2D eigenvalue weighted by Gasteiger charge is 2.11. The van der Waals surface area contributed by atoms with Crippen LogP contribution in [-0.2, 0) is 0 Å². The van der Waals surface area contributed by atoms with Crippen molar-refractivity contribution in [2.75, 3.05) is 7.11 Å². The molecular formula is C19H17ClO. The third kappa shape index (κ3) is 2.88. The first kappa shape index (κ1) is 14.0. The summed E-state index contributed by atoms with van der Waals surface area (Å²) in [6, 6.07) is 20.7. The van der Waals surface area contributed by atoms with Gasteiger partial charge >= 0.3 is 0 Å². The van der Waals surface area contributed by atoms with Crippen LogP contribution in [0.4, 0.5) is 0 Å². The van der Waals surface area contributed by atoms with E-state index in [-0.39, 0.29) is 5.38 Å². The van der Waals surface area contributed by atoms with Crippen LogP contribution in [0.1, 0.15) is 22.1 Å². The lowest BCUT2D eigenvalue weighted by atomic mass is 9.99. The van der Waals surface area contributed by atoms with E-state index >= 15 is 0 Å². The van der Waals surface area contributed by atoms with Gasteiger partial charge in [-0.2, -0.15) is 0 Å². The van der Waals surface area contributed by atoms with Crippen molar-refractivity contribution in [1.82, 2.24) is 0 Å². The summed E-state index contributed by atoms with van der Waals surface area (Å²) in [7, 11) is 1.68. The molecular weight excluding hydrogens is 280 g/mol. The van der Waals surface area contributed by atoms with Crippen LogP contribution < -0.4 is 4.74 Å². The number of benzene rings is 3. The number of fused-ring (bicyclic) bond motifs is 1. The molecule has 0 saturated carbocycles. The summed E-state index contributed by atoms with van der Waals surface area (Å²) in [5.74, 6) is 0.872. The van der Waals surface area contributed by atoms with Crippen molar-refractivity contribution in [3.05, 3.63) is 77.4 Å². The maximum absolute atomic E-state index is 6.64. The SMILES string of the molecule is COc1ccc2cc(C(Cl)c3cccc(C)c3)ccc2c1. The van der Waals surface area contributed by atoms with E-state index in [4.69, 9.17) is 16.3 Å². The first-order valence-corrected chi connectivity index (χ1v) is 7.39. The zero-order valence-corrected chi connectivity index (χ0v) is 12.9. The topological polar surface area (TPSA) is 9.23 Å². The van der Waals surface area contributed by atoms with E-state index in [2.05, 4.69) is 49.4 Å². The van der Waals surface area contributed by atoms with Crippen LogP contribution in [-0.4, -0.2) is 7.11 Å². The van der Waals surface area contributed by atoms with Crippen LogP contribution in [0.5, 0.6) is 5.75 Å². The van der Waals surface area contributed by atoms with Gasteiger partial charge in [-0.05, 0) is 47.0 Å². The zero-order valence-electron chi connectivity index (χ0n) is 12.1. The van der Waals surface area contributed by atoms with Crippen molar-refractivity contribution in [1.29, 1.82) is 0 Å². The molecule has 106 valence electrons. The monoisotopic (exact) mass is 296 g/mol. The molecule has 0 aliphatic rings. The molecule has 2 heteroatoms. The quantitative estimate of drug-likeness (QED) is 0.581. The smallest absolute Gasteiger partial charge is 0.119 e. The molecule has 3 aromatic carbocycles. The van der Waals surface area contributed by atoms with Crippen LogP contribution in [0.15, 0.2) is 60.7 Å². The Labute approximate surface area is 130 Å². The van der Waals surface area contributed by atoms with Gasteiger partial charge in [0.1, 0.15) is 5.75 Å². The molecule has 1 unspecified atom stereocenters. The average Bonchev–Trinajstić information content (AvgIpc) is 2.53. The molecule has 0 radical (unpaired) electrons. The van der Waals surface area contributed by atoms with Crippen molar-refractivity contribution < 1.29 is 4.74 Å². The van der Waals surface area contributed by atoms with Gasteiger partial charge in [-0.3, -0.25) is 0 Å². The van der Waals surface area contributed by atoms with Crippen molar-refractivity contribution in [2.24, 2.45) is 0 Å². The molecule has 3 rings (SSSR count). The van der Waals surface area contributed by atoms with E-state index in [0.29, 0.717) is 0 Å². The Balaban J connectivity index is 2.00. The molecule has 0 fully saturated rings. The number of hydrogen-bond donors (Lipinski definition) is 0. The molecule has 0 heterocycles.